The zero-order valence-electron chi connectivity index (χ0n) is 17.0. The molecule has 0 bridgehead atoms. The van der Waals surface area contributed by atoms with E-state index in [0.29, 0.717) is 16.5 Å². The summed E-state index contributed by atoms with van der Waals surface area (Å²) in [6, 6.07) is 22.9. The van der Waals surface area contributed by atoms with Gasteiger partial charge >= 0.3 is 0 Å². The molecular weight excluding hydrogens is 428 g/mol. The molecule has 1 aliphatic heterocycles. The summed E-state index contributed by atoms with van der Waals surface area (Å²) in [6.07, 6.45) is 1.81. The lowest BCUT2D eigenvalue weighted by molar-refractivity contribution is -0.122. The minimum atomic E-state index is -0.210. The SMILES string of the molecule is Cc1ccc(CNC(=O)CN2C(=O)/C(=C\c3cccc(Cl)c3)Sc3ccccc32)cc1. The average Bonchev–Trinajstić information content (AvgIpc) is 2.76. The number of aryl methyl sites for hydroxylation is 1. The molecule has 0 aromatic heterocycles. The highest BCUT2D eigenvalue weighted by atomic mass is 35.5. The van der Waals surface area contributed by atoms with Gasteiger partial charge < -0.3 is 5.32 Å². The lowest BCUT2D eigenvalue weighted by Gasteiger charge is -2.29. The third-order valence-corrected chi connectivity index (χ3v) is 6.20. The Kier molecular flexibility index (Phi) is 6.44. The van der Waals surface area contributed by atoms with Crippen LogP contribution in [0.2, 0.25) is 5.02 Å². The molecule has 3 aromatic carbocycles. The van der Waals surface area contributed by atoms with Crippen LogP contribution in [0.1, 0.15) is 16.7 Å². The zero-order chi connectivity index (χ0) is 21.8. The number of thioether (sulfide) groups is 1. The van der Waals surface area contributed by atoms with Crippen molar-refractivity contribution in [3.8, 4) is 0 Å². The molecule has 1 heterocycles. The number of carbonyl (C=O) groups excluding carboxylic acids is 2. The molecule has 0 atom stereocenters. The Hall–Kier alpha value is -3.02. The van der Waals surface area contributed by atoms with Crippen molar-refractivity contribution in [2.24, 2.45) is 0 Å². The Morgan fingerprint density at radius 1 is 1.06 bits per heavy atom. The van der Waals surface area contributed by atoms with Crippen LogP contribution >= 0.6 is 23.4 Å². The lowest BCUT2D eigenvalue weighted by Crippen LogP contribution is -2.42. The number of carbonyl (C=O) groups is 2. The number of halogens is 1. The number of rotatable bonds is 5. The first-order valence-electron chi connectivity index (χ1n) is 9.88. The fourth-order valence-electron chi connectivity index (χ4n) is 3.27. The van der Waals surface area contributed by atoms with Crippen LogP contribution < -0.4 is 10.2 Å². The van der Waals surface area contributed by atoms with Gasteiger partial charge in [0.15, 0.2) is 0 Å². The lowest BCUT2D eigenvalue weighted by atomic mass is 10.1. The molecule has 3 aromatic rings. The molecular formula is C25H21ClN2O2S. The minimum Gasteiger partial charge on any atom is -0.350 e. The molecule has 4 rings (SSSR count). The van der Waals surface area contributed by atoms with Crippen LogP contribution in [0.25, 0.3) is 6.08 Å². The number of fused-ring (bicyclic) bond motifs is 1. The van der Waals surface area contributed by atoms with Crippen molar-refractivity contribution < 1.29 is 9.59 Å². The summed E-state index contributed by atoms with van der Waals surface area (Å²) in [5.74, 6) is -0.410. The van der Waals surface area contributed by atoms with Crippen molar-refractivity contribution in [1.29, 1.82) is 0 Å². The molecule has 0 fully saturated rings. The van der Waals surface area contributed by atoms with Gasteiger partial charge in [0, 0.05) is 16.5 Å². The molecule has 0 saturated heterocycles. The molecule has 156 valence electrons. The Morgan fingerprint density at radius 3 is 2.61 bits per heavy atom. The molecule has 0 radical (unpaired) electrons. The molecule has 2 amide bonds. The summed E-state index contributed by atoms with van der Waals surface area (Å²) in [5.41, 5.74) is 3.77. The Labute approximate surface area is 190 Å². The smallest absolute Gasteiger partial charge is 0.265 e. The fraction of sp³-hybridized carbons (Fsp3) is 0.120. The van der Waals surface area contributed by atoms with Crippen LogP contribution in [-0.2, 0) is 16.1 Å². The summed E-state index contributed by atoms with van der Waals surface area (Å²) in [5, 5.41) is 3.52. The van der Waals surface area contributed by atoms with Gasteiger partial charge in [-0.15, -0.1) is 0 Å². The van der Waals surface area contributed by atoms with Crippen molar-refractivity contribution in [3.05, 3.63) is 99.4 Å². The zero-order valence-corrected chi connectivity index (χ0v) is 18.5. The van der Waals surface area contributed by atoms with Gasteiger partial charge in [0.25, 0.3) is 5.91 Å². The van der Waals surface area contributed by atoms with Crippen LogP contribution in [0.4, 0.5) is 5.69 Å². The van der Waals surface area contributed by atoms with Crippen molar-refractivity contribution in [2.45, 2.75) is 18.4 Å². The molecule has 1 aliphatic rings. The van der Waals surface area contributed by atoms with Gasteiger partial charge in [-0.25, -0.2) is 0 Å². The first kappa shape index (κ1) is 21.2. The third kappa shape index (κ3) is 5.19. The highest BCUT2D eigenvalue weighted by Crippen LogP contribution is 2.41. The summed E-state index contributed by atoms with van der Waals surface area (Å²) < 4.78 is 0. The van der Waals surface area contributed by atoms with Gasteiger partial charge in [0.1, 0.15) is 6.54 Å². The molecule has 0 aliphatic carbocycles. The van der Waals surface area contributed by atoms with Gasteiger partial charge in [-0.3, -0.25) is 14.5 Å². The first-order valence-corrected chi connectivity index (χ1v) is 11.1. The number of nitrogens with one attached hydrogen (secondary N) is 1. The molecule has 0 saturated carbocycles. The van der Waals surface area contributed by atoms with Gasteiger partial charge in [0.05, 0.1) is 10.6 Å². The Bertz CT molecular complexity index is 1160. The minimum absolute atomic E-state index is 0.0465. The second-order valence-electron chi connectivity index (χ2n) is 7.29. The number of hydrogen-bond acceptors (Lipinski definition) is 3. The van der Waals surface area contributed by atoms with Crippen molar-refractivity contribution in [3.63, 3.8) is 0 Å². The molecule has 0 spiro atoms. The van der Waals surface area contributed by atoms with E-state index in [1.54, 1.807) is 6.07 Å². The number of amides is 2. The Morgan fingerprint density at radius 2 is 1.84 bits per heavy atom. The summed E-state index contributed by atoms with van der Waals surface area (Å²) >= 11 is 7.49. The monoisotopic (exact) mass is 448 g/mol. The van der Waals surface area contributed by atoms with Crippen LogP contribution in [0.3, 0.4) is 0 Å². The molecule has 0 unspecified atom stereocenters. The van der Waals surface area contributed by atoms with E-state index < -0.39 is 0 Å². The van der Waals surface area contributed by atoms with Gasteiger partial charge in [-0.05, 0) is 48.4 Å². The van der Waals surface area contributed by atoms with Crippen LogP contribution in [0.15, 0.2) is 82.6 Å². The van der Waals surface area contributed by atoms with E-state index in [0.717, 1.165) is 21.7 Å². The highest BCUT2D eigenvalue weighted by molar-refractivity contribution is 8.04. The summed E-state index contributed by atoms with van der Waals surface area (Å²) in [4.78, 5) is 28.9. The van der Waals surface area contributed by atoms with Crippen molar-refractivity contribution >= 4 is 46.9 Å². The average molecular weight is 449 g/mol. The van der Waals surface area contributed by atoms with Gasteiger partial charge in [0.2, 0.25) is 5.91 Å². The highest BCUT2D eigenvalue weighted by Gasteiger charge is 2.30. The second kappa shape index (κ2) is 9.41. The van der Waals surface area contributed by atoms with Crippen LogP contribution in [0.5, 0.6) is 0 Å². The topological polar surface area (TPSA) is 49.4 Å². The standard InChI is InChI=1S/C25H21ClN2O2S/c1-17-9-11-18(12-10-17)15-27-24(29)16-28-21-7-2-3-8-22(21)31-23(25(28)30)14-19-5-4-6-20(26)13-19/h2-14H,15-16H2,1H3,(H,27,29)/b23-14+. The van der Waals surface area contributed by atoms with E-state index in [-0.39, 0.29) is 18.4 Å². The van der Waals surface area contributed by atoms with E-state index in [4.69, 9.17) is 11.6 Å². The summed E-state index contributed by atoms with van der Waals surface area (Å²) in [6.45, 7) is 2.40. The number of hydrogen-bond donors (Lipinski definition) is 1. The maximum Gasteiger partial charge on any atom is 0.265 e. The quantitative estimate of drug-likeness (QED) is 0.528. The number of benzene rings is 3. The first-order chi connectivity index (χ1) is 15.0. The van der Waals surface area contributed by atoms with Crippen molar-refractivity contribution in [2.75, 3.05) is 11.4 Å². The largest absolute Gasteiger partial charge is 0.350 e. The van der Waals surface area contributed by atoms with Crippen molar-refractivity contribution in [1.82, 2.24) is 5.32 Å². The van der Waals surface area contributed by atoms with Gasteiger partial charge in [-0.1, -0.05) is 77.5 Å². The normalized spacial score (nSPS) is 14.5. The second-order valence-corrected chi connectivity index (χ2v) is 8.81. The predicted octanol–water partition coefficient (Wildman–Crippen LogP) is 5.44. The van der Waals surface area contributed by atoms with E-state index in [1.165, 1.54) is 22.2 Å². The van der Waals surface area contributed by atoms with E-state index in [2.05, 4.69) is 5.32 Å². The van der Waals surface area contributed by atoms with E-state index in [1.807, 2.05) is 79.7 Å². The molecule has 1 N–H and O–H groups in total. The van der Waals surface area contributed by atoms with Crippen LogP contribution in [0, 0.1) is 6.92 Å². The molecule has 6 heteroatoms. The predicted molar refractivity (Wildman–Crippen MR) is 127 cm³/mol. The van der Waals surface area contributed by atoms with E-state index in [9.17, 15) is 9.59 Å². The third-order valence-electron chi connectivity index (χ3n) is 4.89. The maximum atomic E-state index is 13.2. The number of anilines is 1. The number of nitrogens with zero attached hydrogens (tertiary/aromatic N) is 1. The molecule has 4 nitrogen and oxygen atoms in total. The number of para-hydroxylation sites is 1. The maximum absolute atomic E-state index is 13.2. The van der Waals surface area contributed by atoms with Gasteiger partial charge in [-0.2, -0.15) is 0 Å². The van der Waals surface area contributed by atoms with Crippen LogP contribution in [-0.4, -0.2) is 18.4 Å². The fourth-order valence-corrected chi connectivity index (χ4v) is 4.53. The Balaban J connectivity index is 1.54. The summed E-state index contributed by atoms with van der Waals surface area (Å²) in [7, 11) is 0. The van der Waals surface area contributed by atoms with E-state index >= 15 is 0 Å². The molecule has 31 heavy (non-hydrogen) atoms.